The van der Waals surface area contributed by atoms with Crippen LogP contribution in [0.25, 0.3) is 5.57 Å². The van der Waals surface area contributed by atoms with Gasteiger partial charge in [0.25, 0.3) is 0 Å². The lowest BCUT2D eigenvalue weighted by atomic mass is 10.1. The van der Waals surface area contributed by atoms with E-state index in [4.69, 9.17) is 39.0 Å². The zero-order valence-corrected chi connectivity index (χ0v) is 10.6. The van der Waals surface area contributed by atoms with Gasteiger partial charge < -0.3 is 4.52 Å². The Morgan fingerprint density at radius 3 is 2.80 bits per heavy atom. The summed E-state index contributed by atoms with van der Waals surface area (Å²) in [6.45, 7) is -3.28. The third-order valence-corrected chi connectivity index (χ3v) is 4.12. The molecule has 1 heterocycles. The third-order valence-electron chi connectivity index (χ3n) is 1.98. The first kappa shape index (κ1) is 11.3. The van der Waals surface area contributed by atoms with Crippen LogP contribution in [-0.4, -0.2) is 5.88 Å². The molecule has 1 aromatic carbocycles. The minimum atomic E-state index is -3.28. The number of allylic oxidation sites excluding steroid dienone is 1. The van der Waals surface area contributed by atoms with Gasteiger partial charge >= 0.3 is 6.72 Å². The number of hydrogen-bond acceptors (Lipinski definition) is 2. The molecule has 1 unspecified atom stereocenters. The molecule has 6 heteroatoms. The van der Waals surface area contributed by atoms with Crippen molar-refractivity contribution in [2.45, 2.75) is 0 Å². The first-order chi connectivity index (χ1) is 7.03. The van der Waals surface area contributed by atoms with Crippen molar-refractivity contribution >= 4 is 46.7 Å². The molecule has 1 atom stereocenters. The summed E-state index contributed by atoms with van der Waals surface area (Å²) in [5.41, 5.74) is 1.42. The Hall–Kier alpha value is -0.140. The van der Waals surface area contributed by atoms with Gasteiger partial charge in [-0.2, -0.15) is 0 Å². The van der Waals surface area contributed by atoms with E-state index in [0.717, 1.165) is 5.56 Å². The van der Waals surface area contributed by atoms with Crippen molar-refractivity contribution in [1.82, 2.24) is 0 Å². The van der Waals surface area contributed by atoms with Gasteiger partial charge in [-0.25, -0.2) is 0 Å². The van der Waals surface area contributed by atoms with Crippen LogP contribution in [0.5, 0.6) is 5.75 Å². The van der Waals surface area contributed by atoms with Gasteiger partial charge in [-0.15, -0.1) is 11.6 Å². The Kier molecular flexibility index (Phi) is 3.05. The maximum absolute atomic E-state index is 11.7. The van der Waals surface area contributed by atoms with Gasteiger partial charge in [0.15, 0.2) is 5.75 Å². The Morgan fingerprint density at radius 2 is 2.13 bits per heavy atom. The minimum Gasteiger partial charge on any atom is -0.428 e. The van der Waals surface area contributed by atoms with Crippen molar-refractivity contribution in [2.24, 2.45) is 0 Å². The van der Waals surface area contributed by atoms with Crippen molar-refractivity contribution in [3.63, 3.8) is 0 Å². The first-order valence-electron chi connectivity index (χ1n) is 4.09. The average Bonchev–Trinajstić information content (AvgIpc) is 2.17. The highest BCUT2D eigenvalue weighted by Gasteiger charge is 2.28. The number of rotatable bonds is 1. The molecule has 15 heavy (non-hydrogen) atoms. The Balaban J connectivity index is 2.65. The van der Waals surface area contributed by atoms with Crippen LogP contribution < -0.4 is 4.52 Å². The fourth-order valence-corrected chi connectivity index (χ4v) is 3.62. The third kappa shape index (κ3) is 2.19. The van der Waals surface area contributed by atoms with E-state index in [1.54, 1.807) is 18.2 Å². The molecule has 80 valence electrons. The van der Waals surface area contributed by atoms with Gasteiger partial charge in [0.2, 0.25) is 0 Å². The van der Waals surface area contributed by atoms with Gasteiger partial charge in [0.1, 0.15) is 0 Å². The molecule has 0 spiro atoms. The number of para-hydroxylation sites is 1. The number of alkyl halides is 1. The van der Waals surface area contributed by atoms with Crippen molar-refractivity contribution in [3.8, 4) is 5.75 Å². The molecule has 1 aliphatic rings. The Morgan fingerprint density at radius 1 is 1.40 bits per heavy atom. The van der Waals surface area contributed by atoms with Crippen LogP contribution >= 0.6 is 41.2 Å². The van der Waals surface area contributed by atoms with E-state index in [0.29, 0.717) is 16.3 Å². The van der Waals surface area contributed by atoms with Crippen LogP contribution in [0.2, 0.25) is 5.02 Å². The second-order valence-electron chi connectivity index (χ2n) is 3.02. The summed E-state index contributed by atoms with van der Waals surface area (Å²) in [7, 11) is 0. The highest BCUT2D eigenvalue weighted by Crippen LogP contribution is 2.60. The molecule has 1 aliphatic heterocycles. The first-order valence-corrected chi connectivity index (χ1v) is 7.60. The van der Waals surface area contributed by atoms with E-state index < -0.39 is 6.72 Å². The molecular weight excluding hydrogens is 277 g/mol. The molecule has 0 radical (unpaired) electrons. The van der Waals surface area contributed by atoms with E-state index >= 15 is 0 Å². The second kappa shape index (κ2) is 4.03. The highest BCUT2D eigenvalue weighted by molar-refractivity contribution is 7.88. The van der Waals surface area contributed by atoms with E-state index in [9.17, 15) is 4.57 Å². The summed E-state index contributed by atoms with van der Waals surface area (Å²) < 4.78 is 16.8. The van der Waals surface area contributed by atoms with Gasteiger partial charge in [-0.05, 0) is 22.9 Å². The monoisotopic (exact) mass is 282 g/mol. The fraction of sp³-hybridized carbons (Fsp3) is 0.111. The number of halogens is 3. The van der Waals surface area contributed by atoms with E-state index in [2.05, 4.69) is 0 Å². The van der Waals surface area contributed by atoms with Crippen molar-refractivity contribution in [1.29, 1.82) is 0 Å². The van der Waals surface area contributed by atoms with Crippen molar-refractivity contribution in [3.05, 3.63) is 34.6 Å². The lowest BCUT2D eigenvalue weighted by molar-refractivity contribution is 0.504. The summed E-state index contributed by atoms with van der Waals surface area (Å²) in [6, 6.07) is 5.22. The van der Waals surface area contributed by atoms with Crippen LogP contribution in [0.1, 0.15) is 5.56 Å². The smallest absolute Gasteiger partial charge is 0.359 e. The predicted molar refractivity (Wildman–Crippen MR) is 64.2 cm³/mol. The number of hydrogen-bond donors (Lipinski definition) is 0. The van der Waals surface area contributed by atoms with Gasteiger partial charge in [0, 0.05) is 17.3 Å². The van der Waals surface area contributed by atoms with E-state index in [-0.39, 0.29) is 5.88 Å². The van der Waals surface area contributed by atoms with Crippen LogP contribution in [-0.2, 0) is 4.57 Å². The molecule has 2 rings (SSSR count). The Labute approximate surface area is 102 Å². The maximum atomic E-state index is 11.7. The maximum Gasteiger partial charge on any atom is 0.359 e. The summed E-state index contributed by atoms with van der Waals surface area (Å²) >= 11 is 17.3. The molecular formula is C9H6Cl3O2P. The van der Waals surface area contributed by atoms with Gasteiger partial charge in [0.05, 0.1) is 5.02 Å². The summed E-state index contributed by atoms with van der Waals surface area (Å²) in [6.07, 6.45) is 0. The van der Waals surface area contributed by atoms with Gasteiger partial charge in [-0.1, -0.05) is 23.7 Å². The highest BCUT2D eigenvalue weighted by atomic mass is 35.7. The lowest BCUT2D eigenvalue weighted by Gasteiger charge is -2.21. The molecule has 0 N–H and O–H groups in total. The van der Waals surface area contributed by atoms with E-state index in [1.165, 1.54) is 5.82 Å². The zero-order chi connectivity index (χ0) is 11.1. The quantitative estimate of drug-likeness (QED) is 0.549. The van der Waals surface area contributed by atoms with E-state index in [1.807, 2.05) is 0 Å². The van der Waals surface area contributed by atoms with Crippen molar-refractivity contribution < 1.29 is 9.09 Å². The summed E-state index contributed by atoms with van der Waals surface area (Å²) in [5, 5.41) is 0.379. The fourth-order valence-electron chi connectivity index (χ4n) is 1.37. The van der Waals surface area contributed by atoms with Crippen LogP contribution in [0, 0.1) is 0 Å². The average molecular weight is 283 g/mol. The molecule has 0 saturated heterocycles. The Bertz CT molecular complexity index is 484. The summed E-state index contributed by atoms with van der Waals surface area (Å²) in [4.78, 5) is 0. The summed E-state index contributed by atoms with van der Waals surface area (Å²) in [5.74, 6) is 1.92. The second-order valence-corrected chi connectivity index (χ2v) is 6.59. The lowest BCUT2D eigenvalue weighted by Crippen LogP contribution is -1.99. The van der Waals surface area contributed by atoms with Gasteiger partial charge in [-0.3, -0.25) is 4.57 Å². The molecule has 0 fully saturated rings. The standard InChI is InChI=1S/C9H6Cl3O2P/c10-4-6-5-15(12,13)14-9-7(6)2-1-3-8(9)11/h1-3,5H,4H2. The molecule has 0 saturated carbocycles. The topological polar surface area (TPSA) is 26.3 Å². The molecule has 0 aromatic heterocycles. The number of fused-ring (bicyclic) bond motifs is 1. The molecule has 0 bridgehead atoms. The van der Waals surface area contributed by atoms with Crippen LogP contribution in [0.15, 0.2) is 24.0 Å². The molecule has 0 amide bonds. The SMILES string of the molecule is O=P1(Cl)C=C(CCl)c2cccc(Cl)c2O1. The van der Waals surface area contributed by atoms with Crippen LogP contribution in [0.3, 0.4) is 0 Å². The normalized spacial score (nSPS) is 24.1. The molecule has 1 aromatic rings. The largest absolute Gasteiger partial charge is 0.428 e. The minimum absolute atomic E-state index is 0.216. The van der Waals surface area contributed by atoms with Crippen molar-refractivity contribution in [2.75, 3.05) is 5.88 Å². The number of benzene rings is 1. The van der Waals surface area contributed by atoms with Crippen LogP contribution in [0.4, 0.5) is 0 Å². The zero-order valence-electron chi connectivity index (χ0n) is 7.41. The molecule has 0 aliphatic carbocycles. The predicted octanol–water partition coefficient (Wildman–Crippen LogP) is 4.74. The molecule has 2 nitrogen and oxygen atoms in total.